The van der Waals surface area contributed by atoms with E-state index in [0.29, 0.717) is 11.6 Å². The van der Waals surface area contributed by atoms with Gasteiger partial charge in [0.05, 0.1) is 7.11 Å². The van der Waals surface area contributed by atoms with Crippen molar-refractivity contribution in [1.29, 1.82) is 0 Å². The molecule has 72 valence electrons. The van der Waals surface area contributed by atoms with Crippen LogP contribution in [0.3, 0.4) is 0 Å². The average Bonchev–Trinajstić information content (AvgIpc) is 2.70. The Balaban J connectivity index is 2.55. The summed E-state index contributed by atoms with van der Waals surface area (Å²) in [6.07, 6.45) is 4.79. The van der Waals surface area contributed by atoms with Crippen molar-refractivity contribution < 1.29 is 9.13 Å². The van der Waals surface area contributed by atoms with Crippen LogP contribution in [0.15, 0.2) is 30.9 Å². The molecule has 2 rings (SSSR count). The van der Waals surface area contributed by atoms with Crippen LogP contribution in [0.2, 0.25) is 0 Å². The minimum Gasteiger partial charge on any atom is -0.493 e. The number of rotatable bonds is 2. The van der Waals surface area contributed by atoms with Gasteiger partial charge in [-0.1, -0.05) is 0 Å². The Morgan fingerprint density at radius 2 is 2.29 bits per heavy atom. The van der Waals surface area contributed by atoms with E-state index in [9.17, 15) is 4.39 Å². The van der Waals surface area contributed by atoms with Crippen LogP contribution in [0.1, 0.15) is 0 Å². The molecular weight excluding hydrogens is 185 g/mol. The number of hydrogen-bond donors (Lipinski definition) is 0. The summed E-state index contributed by atoms with van der Waals surface area (Å²) >= 11 is 0. The standard InChI is InChI=1S/C9H8FN3O/c1-14-7-2-3-8(10)12-9(7)13-5-4-11-6-13/h2-6H,1H3. The maximum atomic E-state index is 12.9. The molecular formula is C9H8FN3O. The lowest BCUT2D eigenvalue weighted by molar-refractivity contribution is 0.407. The number of halogens is 1. The Kier molecular flexibility index (Phi) is 2.14. The van der Waals surface area contributed by atoms with Gasteiger partial charge >= 0.3 is 0 Å². The molecule has 0 aliphatic heterocycles. The quantitative estimate of drug-likeness (QED) is 0.677. The van der Waals surface area contributed by atoms with E-state index in [4.69, 9.17) is 4.74 Å². The van der Waals surface area contributed by atoms with Crippen molar-refractivity contribution in [3.05, 3.63) is 36.8 Å². The lowest BCUT2D eigenvalue weighted by Gasteiger charge is -2.06. The van der Waals surface area contributed by atoms with Gasteiger partial charge < -0.3 is 4.74 Å². The molecule has 2 heterocycles. The van der Waals surface area contributed by atoms with Gasteiger partial charge in [0.25, 0.3) is 0 Å². The van der Waals surface area contributed by atoms with Gasteiger partial charge in [-0.25, -0.2) is 4.98 Å². The predicted molar refractivity (Wildman–Crippen MR) is 47.9 cm³/mol. The second-order valence-corrected chi connectivity index (χ2v) is 2.63. The fraction of sp³-hybridized carbons (Fsp3) is 0.111. The summed E-state index contributed by atoms with van der Waals surface area (Å²) in [4.78, 5) is 7.57. The van der Waals surface area contributed by atoms with Gasteiger partial charge in [-0.05, 0) is 12.1 Å². The molecule has 4 nitrogen and oxygen atoms in total. The second-order valence-electron chi connectivity index (χ2n) is 2.63. The molecule has 0 aliphatic carbocycles. The van der Waals surface area contributed by atoms with Gasteiger partial charge in [0.15, 0.2) is 11.6 Å². The third-order valence-corrected chi connectivity index (χ3v) is 1.77. The molecule has 0 atom stereocenters. The van der Waals surface area contributed by atoms with Crippen molar-refractivity contribution in [1.82, 2.24) is 14.5 Å². The minimum absolute atomic E-state index is 0.394. The predicted octanol–water partition coefficient (Wildman–Crippen LogP) is 1.41. The van der Waals surface area contributed by atoms with Gasteiger partial charge in [0.2, 0.25) is 5.95 Å². The van der Waals surface area contributed by atoms with Crippen molar-refractivity contribution in [2.24, 2.45) is 0 Å². The Labute approximate surface area is 80.0 Å². The van der Waals surface area contributed by atoms with Crippen molar-refractivity contribution >= 4 is 0 Å². The van der Waals surface area contributed by atoms with Crippen LogP contribution in [0.5, 0.6) is 5.75 Å². The number of imidazole rings is 1. The topological polar surface area (TPSA) is 39.9 Å². The molecule has 0 radical (unpaired) electrons. The summed E-state index contributed by atoms with van der Waals surface area (Å²) in [5.41, 5.74) is 0. The van der Waals surface area contributed by atoms with E-state index < -0.39 is 5.95 Å². The first-order valence-corrected chi connectivity index (χ1v) is 4.00. The van der Waals surface area contributed by atoms with Crippen LogP contribution in [-0.2, 0) is 0 Å². The third kappa shape index (κ3) is 1.44. The Hall–Kier alpha value is -1.91. The number of aromatic nitrogens is 3. The Bertz CT molecular complexity index is 428. The van der Waals surface area contributed by atoms with E-state index >= 15 is 0 Å². The highest BCUT2D eigenvalue weighted by Gasteiger charge is 2.07. The largest absolute Gasteiger partial charge is 0.493 e. The van der Waals surface area contributed by atoms with Crippen LogP contribution in [-0.4, -0.2) is 21.6 Å². The van der Waals surface area contributed by atoms with Crippen molar-refractivity contribution in [2.45, 2.75) is 0 Å². The van der Waals surface area contributed by atoms with Gasteiger partial charge in [-0.2, -0.15) is 9.37 Å². The van der Waals surface area contributed by atoms with Gasteiger partial charge in [0, 0.05) is 12.4 Å². The highest BCUT2D eigenvalue weighted by atomic mass is 19.1. The summed E-state index contributed by atoms with van der Waals surface area (Å²) < 4.78 is 19.5. The highest BCUT2D eigenvalue weighted by Crippen LogP contribution is 2.19. The molecule has 2 aromatic rings. The fourth-order valence-corrected chi connectivity index (χ4v) is 1.14. The van der Waals surface area contributed by atoms with E-state index in [1.54, 1.807) is 17.0 Å². The SMILES string of the molecule is COc1ccc(F)nc1-n1ccnc1. The highest BCUT2D eigenvalue weighted by molar-refractivity contribution is 5.39. The molecule has 0 bridgehead atoms. The minimum atomic E-state index is -0.547. The first-order chi connectivity index (χ1) is 6.81. The second kappa shape index (κ2) is 3.45. The van der Waals surface area contributed by atoms with Crippen LogP contribution in [0, 0.1) is 5.95 Å². The van der Waals surface area contributed by atoms with Crippen LogP contribution in [0.4, 0.5) is 4.39 Å². The maximum absolute atomic E-state index is 12.9. The van der Waals surface area contributed by atoms with Crippen molar-refractivity contribution in [3.8, 4) is 11.6 Å². The zero-order valence-corrected chi connectivity index (χ0v) is 7.51. The van der Waals surface area contributed by atoms with E-state index in [1.807, 2.05) is 0 Å². The summed E-state index contributed by atoms with van der Waals surface area (Å²) in [5.74, 6) is 0.351. The molecule has 14 heavy (non-hydrogen) atoms. The molecule has 5 heteroatoms. The molecule has 0 saturated carbocycles. The molecule has 0 spiro atoms. The normalized spacial score (nSPS) is 10.1. The lowest BCUT2D eigenvalue weighted by Crippen LogP contribution is -2.00. The number of pyridine rings is 1. The third-order valence-electron chi connectivity index (χ3n) is 1.77. The van der Waals surface area contributed by atoms with E-state index in [-0.39, 0.29) is 0 Å². The van der Waals surface area contributed by atoms with E-state index in [2.05, 4.69) is 9.97 Å². The van der Waals surface area contributed by atoms with Crippen molar-refractivity contribution in [3.63, 3.8) is 0 Å². The van der Waals surface area contributed by atoms with Gasteiger partial charge in [-0.3, -0.25) is 4.57 Å². The molecule has 0 aromatic carbocycles. The zero-order valence-electron chi connectivity index (χ0n) is 7.51. The number of ether oxygens (including phenoxy) is 1. The molecule has 0 unspecified atom stereocenters. The number of nitrogens with zero attached hydrogens (tertiary/aromatic N) is 3. The zero-order chi connectivity index (χ0) is 9.97. The summed E-state index contributed by atoms with van der Waals surface area (Å²) in [6, 6.07) is 2.77. The van der Waals surface area contributed by atoms with Crippen LogP contribution in [0.25, 0.3) is 5.82 Å². The molecule has 0 amide bonds. The summed E-state index contributed by atoms with van der Waals surface area (Å²) in [5, 5.41) is 0. The Morgan fingerprint density at radius 1 is 1.43 bits per heavy atom. The summed E-state index contributed by atoms with van der Waals surface area (Å²) in [7, 11) is 1.51. The first-order valence-electron chi connectivity index (χ1n) is 4.00. The number of methoxy groups -OCH3 is 1. The number of hydrogen-bond acceptors (Lipinski definition) is 3. The van der Waals surface area contributed by atoms with Gasteiger partial charge in [0.1, 0.15) is 6.33 Å². The monoisotopic (exact) mass is 193 g/mol. The van der Waals surface area contributed by atoms with E-state index in [0.717, 1.165) is 0 Å². The fourth-order valence-electron chi connectivity index (χ4n) is 1.14. The van der Waals surface area contributed by atoms with Gasteiger partial charge in [-0.15, -0.1) is 0 Å². The smallest absolute Gasteiger partial charge is 0.215 e. The summed E-state index contributed by atoms with van der Waals surface area (Å²) in [6.45, 7) is 0. The van der Waals surface area contributed by atoms with Crippen LogP contribution >= 0.6 is 0 Å². The van der Waals surface area contributed by atoms with E-state index in [1.165, 1.54) is 25.6 Å². The maximum Gasteiger partial charge on any atom is 0.215 e. The average molecular weight is 193 g/mol. The van der Waals surface area contributed by atoms with Crippen molar-refractivity contribution in [2.75, 3.05) is 7.11 Å². The molecule has 0 N–H and O–H groups in total. The molecule has 2 aromatic heterocycles. The molecule has 0 saturated heterocycles. The lowest BCUT2D eigenvalue weighted by atomic mass is 10.4. The molecule has 0 fully saturated rings. The first kappa shape index (κ1) is 8.68. The molecule has 0 aliphatic rings. The van der Waals surface area contributed by atoms with Crippen LogP contribution < -0.4 is 4.74 Å². The Morgan fingerprint density at radius 3 is 2.93 bits per heavy atom.